The highest BCUT2D eigenvalue weighted by atomic mass is 19.1. The molecule has 2 aromatic rings. The number of ether oxygens (including phenoxy) is 1. The van der Waals surface area contributed by atoms with Gasteiger partial charge >= 0.3 is 0 Å². The Morgan fingerprint density at radius 3 is 2.43 bits per heavy atom. The van der Waals surface area contributed by atoms with Crippen molar-refractivity contribution in [3.63, 3.8) is 0 Å². The summed E-state index contributed by atoms with van der Waals surface area (Å²) in [7, 11) is 1.72. The van der Waals surface area contributed by atoms with Crippen LogP contribution in [0.15, 0.2) is 53.5 Å². The lowest BCUT2D eigenvalue weighted by molar-refractivity contribution is 0.0513. The van der Waals surface area contributed by atoms with Gasteiger partial charge in [-0.3, -0.25) is 4.99 Å². The van der Waals surface area contributed by atoms with Gasteiger partial charge in [0.2, 0.25) is 0 Å². The van der Waals surface area contributed by atoms with Crippen LogP contribution in [0.5, 0.6) is 0 Å². The van der Waals surface area contributed by atoms with Gasteiger partial charge in [-0.15, -0.1) is 0 Å². The number of aliphatic imine (C=N–C) groups is 1. The third-order valence-corrected chi connectivity index (χ3v) is 5.30. The largest absolute Gasteiger partial charge is 0.381 e. The van der Waals surface area contributed by atoms with Crippen molar-refractivity contribution in [1.82, 2.24) is 10.6 Å². The summed E-state index contributed by atoms with van der Waals surface area (Å²) in [6, 6.07) is 13.4. The van der Waals surface area contributed by atoms with Crippen LogP contribution in [0.4, 0.5) is 8.78 Å². The van der Waals surface area contributed by atoms with Crippen molar-refractivity contribution >= 4 is 5.96 Å². The first kappa shape index (κ1) is 20.3. The first-order chi connectivity index (χ1) is 13.6. The molecule has 1 heterocycles. The van der Waals surface area contributed by atoms with E-state index in [0.717, 1.165) is 24.0 Å². The quantitative estimate of drug-likeness (QED) is 0.590. The zero-order chi connectivity index (χ0) is 19.8. The van der Waals surface area contributed by atoms with Gasteiger partial charge in [0.1, 0.15) is 11.6 Å². The Balaban J connectivity index is 1.60. The Hall–Kier alpha value is -2.47. The molecule has 1 saturated heterocycles. The molecule has 0 amide bonds. The van der Waals surface area contributed by atoms with Crippen LogP contribution in [-0.2, 0) is 16.6 Å². The highest BCUT2D eigenvalue weighted by molar-refractivity contribution is 5.79. The van der Waals surface area contributed by atoms with Crippen LogP contribution >= 0.6 is 0 Å². The lowest BCUT2D eigenvalue weighted by Crippen LogP contribution is -2.48. The first-order valence-corrected chi connectivity index (χ1v) is 9.64. The van der Waals surface area contributed by atoms with E-state index in [4.69, 9.17) is 4.74 Å². The van der Waals surface area contributed by atoms with Crippen molar-refractivity contribution in [2.24, 2.45) is 4.99 Å². The summed E-state index contributed by atoms with van der Waals surface area (Å²) in [5.74, 6) is 0.233. The Morgan fingerprint density at radius 1 is 1.04 bits per heavy atom. The molecule has 1 fully saturated rings. The standard InChI is InChI=1S/C22H27F2N3O/c1-25-21(26-11-8-17-4-2-6-19(23)14-17)27-16-22(9-12-28-13-10-22)18-5-3-7-20(24)15-18/h2-7,14-15H,8-13,16H2,1H3,(H2,25,26,27). The molecule has 2 aromatic carbocycles. The summed E-state index contributed by atoms with van der Waals surface area (Å²) in [5, 5.41) is 6.65. The number of rotatable bonds is 6. The SMILES string of the molecule is CN=C(NCCc1cccc(F)c1)NCC1(c2cccc(F)c2)CCOCC1. The molecule has 1 aliphatic rings. The van der Waals surface area contributed by atoms with E-state index in [2.05, 4.69) is 15.6 Å². The third kappa shape index (κ3) is 5.29. The van der Waals surface area contributed by atoms with Crippen molar-refractivity contribution in [1.29, 1.82) is 0 Å². The van der Waals surface area contributed by atoms with Crippen LogP contribution in [0, 0.1) is 11.6 Å². The molecule has 0 radical (unpaired) electrons. The maximum atomic E-state index is 13.8. The fourth-order valence-electron chi connectivity index (χ4n) is 3.64. The highest BCUT2D eigenvalue weighted by Crippen LogP contribution is 2.34. The Morgan fingerprint density at radius 2 is 1.75 bits per heavy atom. The number of hydrogen-bond acceptors (Lipinski definition) is 2. The molecule has 0 spiro atoms. The van der Waals surface area contributed by atoms with Gasteiger partial charge in [0, 0.05) is 38.8 Å². The van der Waals surface area contributed by atoms with Gasteiger partial charge in [-0.2, -0.15) is 0 Å². The number of guanidine groups is 1. The van der Waals surface area contributed by atoms with Crippen LogP contribution in [0.3, 0.4) is 0 Å². The van der Waals surface area contributed by atoms with Gasteiger partial charge in [-0.1, -0.05) is 24.3 Å². The zero-order valence-electron chi connectivity index (χ0n) is 16.2. The van der Waals surface area contributed by atoms with Crippen molar-refractivity contribution in [2.45, 2.75) is 24.7 Å². The van der Waals surface area contributed by atoms with Crippen molar-refractivity contribution in [3.05, 3.63) is 71.3 Å². The van der Waals surface area contributed by atoms with Gasteiger partial charge in [0.15, 0.2) is 5.96 Å². The summed E-state index contributed by atoms with van der Waals surface area (Å²) in [5.41, 5.74) is 1.72. The fraction of sp³-hybridized carbons (Fsp3) is 0.409. The second kappa shape index (κ2) is 9.64. The van der Waals surface area contributed by atoms with Crippen molar-refractivity contribution < 1.29 is 13.5 Å². The lowest BCUT2D eigenvalue weighted by Gasteiger charge is -2.38. The van der Waals surface area contributed by atoms with E-state index in [1.165, 1.54) is 12.1 Å². The van der Waals surface area contributed by atoms with Gasteiger partial charge in [0.05, 0.1) is 0 Å². The smallest absolute Gasteiger partial charge is 0.191 e. The number of hydrogen-bond donors (Lipinski definition) is 2. The molecule has 28 heavy (non-hydrogen) atoms. The van der Waals surface area contributed by atoms with E-state index < -0.39 is 0 Å². The summed E-state index contributed by atoms with van der Waals surface area (Å²) in [4.78, 5) is 4.28. The minimum atomic E-state index is -0.225. The summed E-state index contributed by atoms with van der Waals surface area (Å²) in [6.45, 7) is 2.59. The predicted octanol–water partition coefficient (Wildman–Crippen LogP) is 3.42. The topological polar surface area (TPSA) is 45.7 Å². The second-order valence-electron chi connectivity index (χ2n) is 7.14. The molecule has 4 nitrogen and oxygen atoms in total. The molecule has 0 aliphatic carbocycles. The molecule has 0 unspecified atom stereocenters. The molecular weight excluding hydrogens is 360 g/mol. The van der Waals surface area contributed by atoms with Crippen LogP contribution in [0.1, 0.15) is 24.0 Å². The summed E-state index contributed by atoms with van der Waals surface area (Å²) in [6.07, 6.45) is 2.34. The van der Waals surface area contributed by atoms with Gasteiger partial charge in [-0.05, 0) is 54.7 Å². The van der Waals surface area contributed by atoms with Crippen LogP contribution < -0.4 is 10.6 Å². The van der Waals surface area contributed by atoms with Crippen molar-refractivity contribution in [2.75, 3.05) is 33.4 Å². The minimum absolute atomic E-state index is 0.194. The van der Waals surface area contributed by atoms with Gasteiger partial charge < -0.3 is 15.4 Å². The fourth-order valence-corrected chi connectivity index (χ4v) is 3.64. The molecule has 0 aromatic heterocycles. The summed E-state index contributed by atoms with van der Waals surface area (Å²) >= 11 is 0. The van der Waals surface area contributed by atoms with Gasteiger partial charge in [0.25, 0.3) is 0 Å². The lowest BCUT2D eigenvalue weighted by atomic mass is 9.74. The normalized spacial score (nSPS) is 16.6. The Bertz CT molecular complexity index is 804. The van der Waals surface area contributed by atoms with Gasteiger partial charge in [-0.25, -0.2) is 8.78 Å². The number of benzene rings is 2. The summed E-state index contributed by atoms with van der Waals surface area (Å²) < 4.78 is 32.6. The molecule has 6 heteroatoms. The average molecular weight is 387 g/mol. The van der Waals surface area contributed by atoms with Crippen molar-refractivity contribution in [3.8, 4) is 0 Å². The molecule has 0 saturated carbocycles. The van der Waals surface area contributed by atoms with Crippen LogP contribution in [0.2, 0.25) is 0 Å². The van der Waals surface area contributed by atoms with E-state index in [1.807, 2.05) is 12.1 Å². The van der Waals surface area contributed by atoms with E-state index in [9.17, 15) is 8.78 Å². The molecule has 3 rings (SSSR count). The molecular formula is C22H27F2N3O. The Labute approximate surface area is 165 Å². The number of nitrogens with one attached hydrogen (secondary N) is 2. The molecule has 0 bridgehead atoms. The molecule has 1 aliphatic heterocycles. The van der Waals surface area contributed by atoms with E-state index in [0.29, 0.717) is 38.7 Å². The average Bonchev–Trinajstić information content (AvgIpc) is 2.71. The van der Waals surface area contributed by atoms with Crippen LogP contribution in [0.25, 0.3) is 0 Å². The second-order valence-corrected chi connectivity index (χ2v) is 7.14. The number of halogens is 2. The molecule has 2 N–H and O–H groups in total. The van der Waals surface area contributed by atoms with E-state index in [1.54, 1.807) is 31.3 Å². The predicted molar refractivity (Wildman–Crippen MR) is 108 cm³/mol. The van der Waals surface area contributed by atoms with Crippen LogP contribution in [-0.4, -0.2) is 39.3 Å². The minimum Gasteiger partial charge on any atom is -0.381 e. The molecule has 150 valence electrons. The maximum Gasteiger partial charge on any atom is 0.191 e. The monoisotopic (exact) mass is 387 g/mol. The molecule has 0 atom stereocenters. The maximum absolute atomic E-state index is 13.8. The Kier molecular flexibility index (Phi) is 6.98. The van der Waals surface area contributed by atoms with E-state index in [-0.39, 0.29) is 17.0 Å². The van der Waals surface area contributed by atoms with E-state index >= 15 is 0 Å². The zero-order valence-corrected chi connectivity index (χ0v) is 16.2. The third-order valence-electron chi connectivity index (χ3n) is 5.30. The number of nitrogens with zero attached hydrogens (tertiary/aromatic N) is 1. The first-order valence-electron chi connectivity index (χ1n) is 9.64. The highest BCUT2D eigenvalue weighted by Gasteiger charge is 2.34.